The maximum absolute atomic E-state index is 11.9. The van der Waals surface area contributed by atoms with Crippen LogP contribution in [0.25, 0.3) is 0 Å². The van der Waals surface area contributed by atoms with Gasteiger partial charge in [-0.05, 0) is 12.1 Å². The number of nitrogens with zero attached hydrogens (tertiary/aromatic N) is 1. The molecule has 80 valence electrons. The first kappa shape index (κ1) is 9.08. The summed E-state index contributed by atoms with van der Waals surface area (Å²) in [6.07, 6.45) is 0. The van der Waals surface area contributed by atoms with E-state index in [0.717, 1.165) is 4.90 Å². The van der Waals surface area contributed by atoms with Crippen molar-refractivity contribution in [1.82, 2.24) is 10.2 Å². The van der Waals surface area contributed by atoms with Crippen molar-refractivity contribution in [2.75, 3.05) is 6.54 Å². The molecule has 0 aromatic heterocycles. The van der Waals surface area contributed by atoms with Gasteiger partial charge in [0.05, 0.1) is 11.1 Å². The summed E-state index contributed by atoms with van der Waals surface area (Å²) in [6.45, 7) is 0.351. The molecule has 1 saturated heterocycles. The van der Waals surface area contributed by atoms with Crippen LogP contribution < -0.4 is 5.32 Å². The minimum atomic E-state index is -0.632. The van der Waals surface area contributed by atoms with Crippen LogP contribution in [0, 0.1) is 0 Å². The van der Waals surface area contributed by atoms with E-state index in [4.69, 9.17) is 0 Å². The van der Waals surface area contributed by atoms with Crippen LogP contribution in [0.15, 0.2) is 24.3 Å². The molecule has 1 N–H and O–H groups in total. The third-order valence-electron chi connectivity index (χ3n) is 2.91. The van der Waals surface area contributed by atoms with Gasteiger partial charge in [-0.3, -0.25) is 19.3 Å². The van der Waals surface area contributed by atoms with Gasteiger partial charge < -0.3 is 5.32 Å². The molecule has 3 rings (SSSR count). The average Bonchev–Trinajstić information content (AvgIpc) is 2.54. The van der Waals surface area contributed by atoms with Gasteiger partial charge in [0.1, 0.15) is 6.04 Å². The first-order valence-electron chi connectivity index (χ1n) is 4.95. The number of imide groups is 1. The highest BCUT2D eigenvalue weighted by Gasteiger charge is 2.45. The highest BCUT2D eigenvalue weighted by molar-refractivity contribution is 6.23. The molecule has 1 atom stereocenters. The lowest BCUT2D eigenvalue weighted by Gasteiger charge is -2.32. The summed E-state index contributed by atoms with van der Waals surface area (Å²) in [4.78, 5) is 36.1. The summed E-state index contributed by atoms with van der Waals surface area (Å²) in [5, 5.41) is 2.52. The van der Waals surface area contributed by atoms with E-state index in [1.54, 1.807) is 24.3 Å². The first-order chi connectivity index (χ1) is 7.70. The molecule has 16 heavy (non-hydrogen) atoms. The van der Waals surface area contributed by atoms with Crippen LogP contribution in [-0.2, 0) is 4.79 Å². The largest absolute Gasteiger partial charge is 0.352 e. The van der Waals surface area contributed by atoms with Crippen molar-refractivity contribution in [2.24, 2.45) is 0 Å². The fourth-order valence-corrected chi connectivity index (χ4v) is 1.98. The minimum Gasteiger partial charge on any atom is -0.352 e. The lowest BCUT2D eigenvalue weighted by atomic mass is 10.1. The highest BCUT2D eigenvalue weighted by atomic mass is 16.2. The summed E-state index contributed by atoms with van der Waals surface area (Å²) < 4.78 is 0. The lowest BCUT2D eigenvalue weighted by molar-refractivity contribution is -0.130. The SMILES string of the molecule is O=C1NCC1N1C(=O)c2ccccc2C1=O. The van der Waals surface area contributed by atoms with Crippen LogP contribution in [0.2, 0.25) is 0 Å². The Morgan fingerprint density at radius 1 is 1.06 bits per heavy atom. The van der Waals surface area contributed by atoms with Gasteiger partial charge in [-0.1, -0.05) is 12.1 Å². The van der Waals surface area contributed by atoms with E-state index in [1.165, 1.54) is 0 Å². The van der Waals surface area contributed by atoms with Crippen molar-refractivity contribution in [3.8, 4) is 0 Å². The van der Waals surface area contributed by atoms with Crippen molar-refractivity contribution >= 4 is 17.7 Å². The average molecular weight is 216 g/mol. The summed E-state index contributed by atoms with van der Waals surface area (Å²) >= 11 is 0. The van der Waals surface area contributed by atoms with Crippen molar-refractivity contribution < 1.29 is 14.4 Å². The van der Waals surface area contributed by atoms with Crippen molar-refractivity contribution in [3.63, 3.8) is 0 Å². The van der Waals surface area contributed by atoms with E-state index in [0.29, 0.717) is 17.7 Å². The number of hydrogen-bond acceptors (Lipinski definition) is 3. The lowest BCUT2D eigenvalue weighted by Crippen LogP contribution is -2.63. The summed E-state index contributed by atoms with van der Waals surface area (Å²) in [6, 6.07) is 5.98. The van der Waals surface area contributed by atoms with Gasteiger partial charge in [-0.25, -0.2) is 0 Å². The van der Waals surface area contributed by atoms with E-state index >= 15 is 0 Å². The first-order valence-corrected chi connectivity index (χ1v) is 4.95. The molecule has 1 fully saturated rings. The number of amides is 3. The molecule has 0 saturated carbocycles. The van der Waals surface area contributed by atoms with Gasteiger partial charge in [-0.2, -0.15) is 0 Å². The van der Waals surface area contributed by atoms with Crippen LogP contribution in [0.5, 0.6) is 0 Å². The Morgan fingerprint density at radius 2 is 1.62 bits per heavy atom. The smallest absolute Gasteiger partial charge is 0.262 e. The van der Waals surface area contributed by atoms with Gasteiger partial charge in [0.25, 0.3) is 11.8 Å². The Balaban J connectivity index is 2.04. The minimum absolute atomic E-state index is 0.269. The Labute approximate surface area is 91.0 Å². The predicted molar refractivity (Wildman–Crippen MR) is 53.7 cm³/mol. The molecule has 2 aliphatic rings. The second kappa shape index (κ2) is 2.91. The molecule has 0 aliphatic carbocycles. The van der Waals surface area contributed by atoms with Crippen molar-refractivity contribution in [3.05, 3.63) is 35.4 Å². The quantitative estimate of drug-likeness (QED) is 0.521. The Hall–Kier alpha value is -2.17. The summed E-state index contributed by atoms with van der Waals surface area (Å²) in [5.41, 5.74) is 0.763. The fraction of sp³-hybridized carbons (Fsp3) is 0.182. The molecular weight excluding hydrogens is 208 g/mol. The maximum atomic E-state index is 11.9. The second-order valence-electron chi connectivity index (χ2n) is 3.79. The zero-order chi connectivity index (χ0) is 11.3. The van der Waals surface area contributed by atoms with E-state index in [1.807, 2.05) is 0 Å². The van der Waals surface area contributed by atoms with Crippen LogP contribution in [0.4, 0.5) is 0 Å². The normalized spacial score (nSPS) is 22.9. The van der Waals surface area contributed by atoms with E-state index < -0.39 is 6.04 Å². The molecule has 5 nitrogen and oxygen atoms in total. The number of hydrogen-bond donors (Lipinski definition) is 1. The number of fused-ring (bicyclic) bond motifs is 1. The van der Waals surface area contributed by atoms with Crippen LogP contribution in [0.3, 0.4) is 0 Å². The molecule has 1 aromatic carbocycles. The van der Waals surface area contributed by atoms with Gasteiger partial charge in [0.2, 0.25) is 5.91 Å². The number of β-lactam (4-membered cyclic amide) rings is 1. The zero-order valence-corrected chi connectivity index (χ0v) is 8.27. The third-order valence-corrected chi connectivity index (χ3v) is 2.91. The molecule has 0 spiro atoms. The Kier molecular flexibility index (Phi) is 1.65. The third kappa shape index (κ3) is 0.970. The monoisotopic (exact) mass is 216 g/mol. The fourth-order valence-electron chi connectivity index (χ4n) is 1.98. The number of nitrogens with one attached hydrogen (secondary N) is 1. The molecule has 2 aliphatic heterocycles. The molecule has 3 amide bonds. The van der Waals surface area contributed by atoms with Crippen LogP contribution >= 0.6 is 0 Å². The molecular formula is C11H8N2O3. The van der Waals surface area contributed by atoms with E-state index in [2.05, 4.69) is 5.32 Å². The zero-order valence-electron chi connectivity index (χ0n) is 8.27. The number of carbonyl (C=O) groups is 3. The van der Waals surface area contributed by atoms with Crippen molar-refractivity contribution in [1.29, 1.82) is 0 Å². The number of carbonyl (C=O) groups excluding carboxylic acids is 3. The van der Waals surface area contributed by atoms with Gasteiger partial charge in [0, 0.05) is 6.54 Å². The van der Waals surface area contributed by atoms with E-state index in [-0.39, 0.29) is 17.7 Å². The molecule has 0 bridgehead atoms. The standard InChI is InChI=1S/C11H8N2O3/c14-9-8(5-12-9)13-10(15)6-3-1-2-4-7(6)11(13)16/h1-4,8H,5H2,(H,12,14). The molecule has 1 unspecified atom stereocenters. The highest BCUT2D eigenvalue weighted by Crippen LogP contribution is 2.25. The molecule has 0 radical (unpaired) electrons. The Bertz CT molecular complexity index is 489. The number of benzene rings is 1. The molecule has 2 heterocycles. The number of rotatable bonds is 1. The topological polar surface area (TPSA) is 66.5 Å². The van der Waals surface area contributed by atoms with Gasteiger partial charge in [0.15, 0.2) is 0 Å². The molecule has 1 aromatic rings. The van der Waals surface area contributed by atoms with Crippen LogP contribution in [-0.4, -0.2) is 35.2 Å². The van der Waals surface area contributed by atoms with Gasteiger partial charge in [-0.15, -0.1) is 0 Å². The Morgan fingerprint density at radius 3 is 2.00 bits per heavy atom. The van der Waals surface area contributed by atoms with E-state index in [9.17, 15) is 14.4 Å². The summed E-state index contributed by atoms with van der Waals surface area (Å²) in [7, 11) is 0. The van der Waals surface area contributed by atoms with Crippen molar-refractivity contribution in [2.45, 2.75) is 6.04 Å². The summed E-state index contributed by atoms with van der Waals surface area (Å²) in [5.74, 6) is -1.02. The van der Waals surface area contributed by atoms with Gasteiger partial charge >= 0.3 is 0 Å². The van der Waals surface area contributed by atoms with Crippen LogP contribution in [0.1, 0.15) is 20.7 Å². The predicted octanol–water partition coefficient (Wildman–Crippen LogP) is -0.219. The second-order valence-corrected chi connectivity index (χ2v) is 3.79. The molecule has 5 heteroatoms. The maximum Gasteiger partial charge on any atom is 0.262 e.